The van der Waals surface area contributed by atoms with Crippen molar-refractivity contribution in [2.45, 2.75) is 256 Å². The number of halogens is 1. The van der Waals surface area contributed by atoms with E-state index in [9.17, 15) is 44.7 Å². The van der Waals surface area contributed by atoms with Crippen molar-refractivity contribution in [3.63, 3.8) is 0 Å². The summed E-state index contributed by atoms with van der Waals surface area (Å²) in [4.78, 5) is 59.3. The Bertz CT molecular complexity index is 2420. The zero-order chi connectivity index (χ0) is 61.3. The van der Waals surface area contributed by atoms with Crippen LogP contribution in [0, 0.1) is 46.3 Å². The van der Waals surface area contributed by atoms with E-state index >= 15 is 4.39 Å². The molecule has 0 aromatic rings. The van der Waals surface area contributed by atoms with Crippen molar-refractivity contribution in [1.29, 1.82) is 0 Å². The van der Waals surface area contributed by atoms with Gasteiger partial charge >= 0.3 is 12.1 Å². The number of rotatable bonds is 13. The fourth-order valence-corrected chi connectivity index (χ4v) is 16.9. The second-order valence-corrected chi connectivity index (χ2v) is 27.4. The highest BCUT2D eigenvalue weighted by molar-refractivity contribution is 6.01. The Morgan fingerprint density at radius 2 is 1.59 bits per heavy atom. The molecule has 6 N–H and O–H groups in total. The number of hydrogen-bond acceptors (Lipinski definition) is 19. The minimum absolute atomic E-state index is 0.0749. The van der Waals surface area contributed by atoms with Gasteiger partial charge in [0.2, 0.25) is 0 Å². The molecule has 4 saturated heterocycles. The van der Waals surface area contributed by atoms with Gasteiger partial charge in [-0.2, -0.15) is 0 Å². The molecule has 4 heterocycles. The molecular weight excluding hydrogens is 1080 g/mol. The third-order valence-electron chi connectivity index (χ3n) is 21.9. The van der Waals surface area contributed by atoms with Crippen LogP contribution in [0.1, 0.15) is 148 Å². The van der Waals surface area contributed by atoms with E-state index in [1.807, 2.05) is 46.6 Å². The monoisotopic (exact) mass is 1180 g/mol. The third-order valence-corrected chi connectivity index (χ3v) is 21.9. The number of carbonyl (C=O) groups excluding carboxylic acids is 4. The van der Waals surface area contributed by atoms with Gasteiger partial charge in [0.25, 0.3) is 5.91 Å². The van der Waals surface area contributed by atoms with Crippen molar-refractivity contribution in [2.24, 2.45) is 46.3 Å². The zero-order valence-corrected chi connectivity index (χ0v) is 51.9. The van der Waals surface area contributed by atoms with Gasteiger partial charge in [-0.1, -0.05) is 53.2 Å². The highest BCUT2D eigenvalue weighted by atomic mass is 19.1. The smallest absolute Gasteiger partial charge is 0.458 e. The number of allylic oxidation sites excluding steroid dienone is 4. The van der Waals surface area contributed by atoms with Gasteiger partial charge in [-0.25, -0.2) is 9.18 Å². The fourth-order valence-electron chi connectivity index (χ4n) is 16.9. The minimum Gasteiger partial charge on any atom is -0.458 e. The summed E-state index contributed by atoms with van der Waals surface area (Å²) >= 11 is 0. The molecule has 8 rings (SSSR count). The normalized spacial score (nSPS) is 49.0. The van der Waals surface area contributed by atoms with Crippen molar-refractivity contribution in [2.75, 3.05) is 40.3 Å². The topological polar surface area (TPSA) is 262 Å². The van der Waals surface area contributed by atoms with Crippen LogP contribution >= 0.6 is 0 Å². The molecule has 4 aliphatic heterocycles. The molecule has 1 amide bonds. The van der Waals surface area contributed by atoms with Gasteiger partial charge < -0.3 is 73.6 Å². The van der Waals surface area contributed by atoms with E-state index in [0.29, 0.717) is 57.3 Å². The molecule has 0 radical (unpaired) electrons. The first kappa shape index (κ1) is 65.8. The standard InChI is InChI=1S/C62H100FN3O17/c1-16-44-50-49(81-56(73)82-50)37(8)66(24-18-23-64-55(72)62(75)33(4)25-42-41-20-19-39-27-40(67)21-22-57(39,10)61(41,63)45(68)29-58(42,62)11)31-32(3)28-59(12,74)52(83-54-47(69)43(65(14)17-2)26-34(5)77-54)35(6)48(36(7)53(71)79-44)80-46-30-60(13,76-15)51(70)38(9)78-46/h21-22,27,32-38,41-52,54,68-70,74-75H,16-20,23-26,28-31H2,1-15H3,(H,64,72)/t32-,33-,34-,35+,36-,37-,38+,41?,42?,43+,44-,45+,46?,47-,48+,49?,50?,51+,52-,54?,57+,58+,59-,60-,61+,62+/m1/s1. The quantitative estimate of drug-likeness (QED) is 0.101. The van der Waals surface area contributed by atoms with Gasteiger partial charge in [0.05, 0.1) is 47.6 Å². The van der Waals surface area contributed by atoms with Gasteiger partial charge in [0.15, 0.2) is 41.8 Å². The van der Waals surface area contributed by atoms with Crippen LogP contribution in [0.25, 0.3) is 0 Å². The Hall–Kier alpha value is -3.19. The molecule has 0 bridgehead atoms. The summed E-state index contributed by atoms with van der Waals surface area (Å²) in [6.45, 7) is 24.8. The molecule has 0 spiro atoms. The maximum Gasteiger partial charge on any atom is 0.509 e. The molecule has 6 unspecified atom stereocenters. The Morgan fingerprint density at radius 1 is 0.904 bits per heavy atom. The van der Waals surface area contributed by atoms with Crippen LogP contribution in [0.2, 0.25) is 0 Å². The highest BCUT2D eigenvalue weighted by Gasteiger charge is 2.76. The number of methoxy groups -OCH3 is 1. The SMILES string of the molecule is CC[C@H]1OC(=O)[C@H](C)[C@@H](OC2C[C@@](C)(OC)[C@@H](O)[C@H](C)O2)[C@H](C)[C@@H](OC2O[C@H](C)C[C@H](N(C)CC)[C@H]2O)[C@](C)(O)C[C@@H](C)CN(CCCNC(=O)[C@@]2(O)[C@H](C)CC3C4CCC5=CC(=O)C=C[C@]5(C)[C@@]4(F)[C@@H](O)C[C@@]32C)[C@H](C)C2OC(=O)OC21. The Morgan fingerprint density at radius 3 is 2.25 bits per heavy atom. The van der Waals surface area contributed by atoms with Crippen LogP contribution in [0.5, 0.6) is 0 Å². The van der Waals surface area contributed by atoms with Crippen molar-refractivity contribution < 1.29 is 87.0 Å². The number of carbonyl (C=O) groups is 4. The minimum atomic E-state index is -2.12. The summed E-state index contributed by atoms with van der Waals surface area (Å²) in [5.74, 6) is -5.53. The summed E-state index contributed by atoms with van der Waals surface area (Å²) in [5.41, 5.74) is -8.67. The number of alkyl halides is 1. The Balaban J connectivity index is 1.07. The number of ether oxygens (including phenoxy) is 8. The molecule has 0 aromatic heterocycles. The first-order chi connectivity index (χ1) is 38.8. The molecular formula is C62H100FN3O17. The maximum absolute atomic E-state index is 18.0. The molecule has 3 saturated carbocycles. The molecule has 26 atom stereocenters. The van der Waals surface area contributed by atoms with Gasteiger partial charge in [0.1, 0.15) is 18.3 Å². The largest absolute Gasteiger partial charge is 0.509 e. The predicted octanol–water partition coefficient (Wildman–Crippen LogP) is 5.31. The second kappa shape index (κ2) is 24.8. The van der Waals surface area contributed by atoms with E-state index in [2.05, 4.69) is 10.2 Å². The number of cyclic esters (lactones) is 1. The average Bonchev–Trinajstić information content (AvgIpc) is 1.77. The molecule has 20 nitrogen and oxygen atoms in total. The molecule has 21 heteroatoms. The van der Waals surface area contributed by atoms with Crippen LogP contribution < -0.4 is 5.32 Å². The van der Waals surface area contributed by atoms with Crippen LogP contribution in [0.15, 0.2) is 23.8 Å². The van der Waals surface area contributed by atoms with E-state index < -0.39 is 154 Å². The predicted molar refractivity (Wildman–Crippen MR) is 302 cm³/mol. The first-order valence-corrected chi connectivity index (χ1v) is 30.9. The lowest BCUT2D eigenvalue weighted by Gasteiger charge is -2.62. The summed E-state index contributed by atoms with van der Waals surface area (Å²) < 4.78 is 68.4. The van der Waals surface area contributed by atoms with Gasteiger partial charge in [-0.15, -0.1) is 0 Å². The number of ketones is 1. The van der Waals surface area contributed by atoms with Gasteiger partial charge in [-0.05, 0) is 143 Å². The van der Waals surface area contributed by atoms with Crippen molar-refractivity contribution in [1.82, 2.24) is 15.1 Å². The maximum atomic E-state index is 18.0. The van der Waals surface area contributed by atoms with Crippen LogP contribution in [0.4, 0.5) is 9.18 Å². The van der Waals surface area contributed by atoms with Gasteiger partial charge in [0, 0.05) is 67.9 Å². The third kappa shape index (κ3) is 11.8. The number of likely N-dealkylation sites (N-methyl/N-ethyl adjacent to an activating group) is 1. The van der Waals surface area contributed by atoms with E-state index in [4.69, 9.17) is 37.9 Å². The number of nitrogens with zero attached hydrogens (tertiary/aromatic N) is 2. The van der Waals surface area contributed by atoms with E-state index in [1.165, 1.54) is 19.3 Å². The molecule has 83 heavy (non-hydrogen) atoms. The van der Waals surface area contributed by atoms with E-state index in [0.717, 1.165) is 0 Å². The van der Waals surface area contributed by atoms with Crippen molar-refractivity contribution in [3.05, 3.63) is 23.8 Å². The summed E-state index contributed by atoms with van der Waals surface area (Å²) in [5, 5.41) is 64.1. The van der Waals surface area contributed by atoms with Crippen LogP contribution in [-0.4, -0.2) is 208 Å². The van der Waals surface area contributed by atoms with Crippen molar-refractivity contribution >= 4 is 23.8 Å². The number of hydrogen-bond donors (Lipinski definition) is 6. The zero-order valence-electron chi connectivity index (χ0n) is 51.9. The number of nitrogens with one attached hydrogen (secondary N) is 1. The van der Waals surface area contributed by atoms with Gasteiger partial charge in [-0.3, -0.25) is 19.3 Å². The number of amides is 1. The fraction of sp³-hybridized carbons (Fsp3) is 0.871. The number of aliphatic hydroxyl groups is 5. The average molecular weight is 1180 g/mol. The number of esters is 1. The molecule has 7 fully saturated rings. The lowest BCUT2D eigenvalue weighted by atomic mass is 9.44. The molecule has 0 aromatic carbocycles. The summed E-state index contributed by atoms with van der Waals surface area (Å²) in [7, 11) is 3.41. The molecule has 472 valence electrons. The molecule has 8 aliphatic rings. The number of aliphatic hydroxyl groups excluding tert-OH is 3. The Labute approximate surface area is 490 Å². The Kier molecular flexibility index (Phi) is 19.6. The highest BCUT2D eigenvalue weighted by Crippen LogP contribution is 2.70. The number of fused-ring (bicyclic) bond motifs is 6. The van der Waals surface area contributed by atoms with Crippen molar-refractivity contribution in [3.8, 4) is 0 Å². The summed E-state index contributed by atoms with van der Waals surface area (Å²) in [6.07, 6.45) is -6.45. The lowest BCUT2D eigenvalue weighted by molar-refractivity contribution is -0.318. The molecule has 4 aliphatic carbocycles. The second-order valence-electron chi connectivity index (χ2n) is 27.4. The lowest BCUT2D eigenvalue weighted by Crippen LogP contribution is -2.70. The van der Waals surface area contributed by atoms with E-state index in [1.54, 1.807) is 61.5 Å². The first-order valence-electron chi connectivity index (χ1n) is 30.9. The summed E-state index contributed by atoms with van der Waals surface area (Å²) in [6, 6.07) is -0.930. The van der Waals surface area contributed by atoms with Crippen LogP contribution in [-0.2, 0) is 52.3 Å². The van der Waals surface area contributed by atoms with E-state index in [-0.39, 0.29) is 56.1 Å². The van der Waals surface area contributed by atoms with Crippen LogP contribution in [0.3, 0.4) is 0 Å².